The molecule has 0 amide bonds. The lowest BCUT2D eigenvalue weighted by Crippen LogP contribution is -2.24. The minimum Gasteiger partial charge on any atom is -0.545 e. The number of hydrogen-bond donors (Lipinski definition) is 0. The number of carboxylic acid groups (broad SMARTS) is 1. The highest BCUT2D eigenvalue weighted by Gasteiger charge is 2.10. The lowest BCUT2D eigenvalue weighted by atomic mass is 10.0. The van der Waals surface area contributed by atoms with Gasteiger partial charge in [-0.3, -0.25) is 4.98 Å². The summed E-state index contributed by atoms with van der Waals surface area (Å²) < 4.78 is 0. The first-order valence-corrected chi connectivity index (χ1v) is 5.24. The lowest BCUT2D eigenvalue weighted by Gasteiger charge is -2.13. The fourth-order valence-corrected chi connectivity index (χ4v) is 1.97. The Hall–Kier alpha value is -1.90. The third kappa shape index (κ3) is 1.54. The van der Waals surface area contributed by atoms with Gasteiger partial charge in [-0.05, 0) is 25.0 Å². The molecule has 3 nitrogen and oxygen atoms in total. The van der Waals surface area contributed by atoms with Crippen LogP contribution in [0.3, 0.4) is 0 Å². The first-order chi connectivity index (χ1) is 7.65. The second-order valence-electron chi connectivity index (χ2n) is 3.72. The van der Waals surface area contributed by atoms with Crippen molar-refractivity contribution in [2.45, 2.75) is 20.3 Å². The van der Waals surface area contributed by atoms with Crippen LogP contribution in [0.5, 0.6) is 0 Å². The van der Waals surface area contributed by atoms with Crippen LogP contribution in [0.1, 0.15) is 28.5 Å². The van der Waals surface area contributed by atoms with Crippen LogP contribution < -0.4 is 5.11 Å². The van der Waals surface area contributed by atoms with Crippen molar-refractivity contribution in [3.63, 3.8) is 0 Å². The Morgan fingerprint density at radius 1 is 1.38 bits per heavy atom. The molecule has 3 heteroatoms. The van der Waals surface area contributed by atoms with Gasteiger partial charge in [-0.25, -0.2) is 0 Å². The Morgan fingerprint density at radius 2 is 2.06 bits per heavy atom. The van der Waals surface area contributed by atoms with Gasteiger partial charge in [-0.2, -0.15) is 0 Å². The zero-order valence-corrected chi connectivity index (χ0v) is 9.28. The molecule has 0 aliphatic heterocycles. The van der Waals surface area contributed by atoms with E-state index in [2.05, 4.69) is 4.98 Å². The molecule has 1 heterocycles. The summed E-state index contributed by atoms with van der Waals surface area (Å²) in [5.74, 6) is -1.13. The molecule has 0 saturated heterocycles. The summed E-state index contributed by atoms with van der Waals surface area (Å²) in [7, 11) is 0. The van der Waals surface area contributed by atoms with Gasteiger partial charge >= 0.3 is 0 Å². The van der Waals surface area contributed by atoms with E-state index in [9.17, 15) is 9.90 Å². The van der Waals surface area contributed by atoms with Crippen LogP contribution >= 0.6 is 0 Å². The number of aryl methyl sites for hydroxylation is 1. The minimum absolute atomic E-state index is 0.266. The van der Waals surface area contributed by atoms with Crippen molar-refractivity contribution in [2.75, 3.05) is 0 Å². The molecule has 0 atom stereocenters. The lowest BCUT2D eigenvalue weighted by molar-refractivity contribution is -0.254. The van der Waals surface area contributed by atoms with Crippen LogP contribution in [0.4, 0.5) is 0 Å². The number of para-hydroxylation sites is 1. The van der Waals surface area contributed by atoms with Crippen LogP contribution in [0.15, 0.2) is 24.3 Å². The Balaban J connectivity index is 2.91. The van der Waals surface area contributed by atoms with Gasteiger partial charge < -0.3 is 9.90 Å². The Morgan fingerprint density at radius 3 is 2.69 bits per heavy atom. The van der Waals surface area contributed by atoms with Gasteiger partial charge in [0.2, 0.25) is 0 Å². The van der Waals surface area contributed by atoms with E-state index in [4.69, 9.17) is 0 Å². The van der Waals surface area contributed by atoms with Crippen LogP contribution in [0, 0.1) is 6.92 Å². The smallest absolute Gasteiger partial charge is 0.0725 e. The normalized spacial score (nSPS) is 10.6. The molecule has 0 fully saturated rings. The van der Waals surface area contributed by atoms with Crippen LogP contribution in [0.2, 0.25) is 0 Å². The number of rotatable bonds is 2. The van der Waals surface area contributed by atoms with E-state index in [1.165, 1.54) is 0 Å². The molecular weight excluding hydrogens is 202 g/mol. The van der Waals surface area contributed by atoms with E-state index in [0.717, 1.165) is 12.1 Å². The molecule has 0 N–H and O–H groups in total. The fraction of sp³-hybridized carbons (Fsp3) is 0.231. The van der Waals surface area contributed by atoms with Gasteiger partial charge in [-0.1, -0.05) is 25.1 Å². The number of aromatic carboxylic acids is 1. The fourth-order valence-electron chi connectivity index (χ4n) is 1.97. The van der Waals surface area contributed by atoms with Gasteiger partial charge in [0.15, 0.2) is 0 Å². The van der Waals surface area contributed by atoms with Crippen molar-refractivity contribution in [3.05, 3.63) is 41.1 Å². The molecular formula is C13H12NO2-. The van der Waals surface area contributed by atoms with Crippen molar-refractivity contribution in [2.24, 2.45) is 0 Å². The largest absolute Gasteiger partial charge is 0.545 e. The first-order valence-electron chi connectivity index (χ1n) is 5.24. The Labute approximate surface area is 93.7 Å². The molecule has 1 aromatic heterocycles. The maximum atomic E-state index is 11.2. The number of carboxylic acids is 1. The molecule has 2 aromatic rings. The van der Waals surface area contributed by atoms with E-state index in [-0.39, 0.29) is 5.56 Å². The van der Waals surface area contributed by atoms with Crippen molar-refractivity contribution in [1.29, 1.82) is 0 Å². The predicted molar refractivity (Wildman–Crippen MR) is 60.2 cm³/mol. The third-order valence-electron chi connectivity index (χ3n) is 2.78. The average molecular weight is 214 g/mol. The third-order valence-corrected chi connectivity index (χ3v) is 2.78. The molecule has 1 aromatic carbocycles. The first kappa shape index (κ1) is 10.6. The zero-order chi connectivity index (χ0) is 11.7. The molecule has 16 heavy (non-hydrogen) atoms. The summed E-state index contributed by atoms with van der Waals surface area (Å²) >= 11 is 0. The number of aromatic nitrogens is 1. The molecule has 0 aliphatic carbocycles. The molecule has 0 radical (unpaired) electrons. The standard InChI is InChI=1S/C13H13NO2/c1-3-10-8(2)12(13(15)16)9-6-4-5-7-11(9)14-10/h4-7H,3H2,1-2H3,(H,15,16)/p-1. The summed E-state index contributed by atoms with van der Waals surface area (Å²) in [6, 6.07) is 7.24. The molecule has 0 spiro atoms. The van der Waals surface area contributed by atoms with Crippen molar-refractivity contribution < 1.29 is 9.90 Å². The SMILES string of the molecule is CCc1nc2ccccc2c(C(=O)[O-])c1C. The summed E-state index contributed by atoms with van der Waals surface area (Å²) in [6.45, 7) is 3.74. The molecule has 0 saturated carbocycles. The molecule has 0 unspecified atom stereocenters. The van der Waals surface area contributed by atoms with Gasteiger partial charge in [0, 0.05) is 16.6 Å². The molecule has 0 aliphatic rings. The van der Waals surface area contributed by atoms with Crippen LogP contribution in [-0.4, -0.2) is 11.0 Å². The van der Waals surface area contributed by atoms with E-state index in [0.29, 0.717) is 16.5 Å². The number of carbonyl (C=O) groups is 1. The van der Waals surface area contributed by atoms with Gasteiger partial charge in [-0.15, -0.1) is 0 Å². The highest BCUT2D eigenvalue weighted by Crippen LogP contribution is 2.22. The second kappa shape index (κ2) is 3.93. The second-order valence-corrected chi connectivity index (χ2v) is 3.72. The van der Waals surface area contributed by atoms with E-state index in [1.807, 2.05) is 25.1 Å². The maximum absolute atomic E-state index is 11.2. The molecule has 0 bridgehead atoms. The minimum atomic E-state index is -1.13. The quantitative estimate of drug-likeness (QED) is 0.760. The molecule has 2 rings (SSSR count). The van der Waals surface area contributed by atoms with E-state index >= 15 is 0 Å². The number of pyridine rings is 1. The average Bonchev–Trinajstić information content (AvgIpc) is 2.27. The number of nitrogens with zero attached hydrogens (tertiary/aromatic N) is 1. The highest BCUT2D eigenvalue weighted by molar-refractivity contribution is 6.03. The van der Waals surface area contributed by atoms with Gasteiger partial charge in [0.05, 0.1) is 11.5 Å². The predicted octanol–water partition coefficient (Wildman–Crippen LogP) is 1.47. The van der Waals surface area contributed by atoms with Crippen LogP contribution in [-0.2, 0) is 6.42 Å². The Kier molecular flexibility index (Phi) is 2.60. The number of hydrogen-bond acceptors (Lipinski definition) is 3. The van der Waals surface area contributed by atoms with Gasteiger partial charge in [0.1, 0.15) is 0 Å². The monoisotopic (exact) mass is 214 g/mol. The summed E-state index contributed by atoms with van der Waals surface area (Å²) in [5.41, 5.74) is 2.51. The van der Waals surface area contributed by atoms with E-state index in [1.54, 1.807) is 13.0 Å². The zero-order valence-electron chi connectivity index (χ0n) is 9.28. The number of carbonyl (C=O) groups excluding carboxylic acids is 1. The number of fused-ring (bicyclic) bond motifs is 1. The van der Waals surface area contributed by atoms with E-state index < -0.39 is 5.97 Å². The molecule has 82 valence electrons. The van der Waals surface area contributed by atoms with Crippen molar-refractivity contribution in [3.8, 4) is 0 Å². The topological polar surface area (TPSA) is 53.0 Å². The highest BCUT2D eigenvalue weighted by atomic mass is 16.4. The van der Waals surface area contributed by atoms with Crippen LogP contribution in [0.25, 0.3) is 10.9 Å². The maximum Gasteiger partial charge on any atom is 0.0725 e. The summed E-state index contributed by atoms with van der Waals surface area (Å²) in [6.07, 6.45) is 0.719. The summed E-state index contributed by atoms with van der Waals surface area (Å²) in [5, 5.41) is 11.8. The van der Waals surface area contributed by atoms with Gasteiger partial charge in [0.25, 0.3) is 0 Å². The Bertz CT molecular complexity index is 561. The number of benzene rings is 1. The van der Waals surface area contributed by atoms with Crippen molar-refractivity contribution >= 4 is 16.9 Å². The van der Waals surface area contributed by atoms with Crippen molar-refractivity contribution in [1.82, 2.24) is 4.98 Å². The summed E-state index contributed by atoms with van der Waals surface area (Å²) in [4.78, 5) is 15.6.